The van der Waals surface area contributed by atoms with Crippen LogP contribution in [0.3, 0.4) is 0 Å². The van der Waals surface area contributed by atoms with Crippen LogP contribution in [-0.4, -0.2) is 30.3 Å². The normalized spacial score (nSPS) is 33.0. The highest BCUT2D eigenvalue weighted by Gasteiger charge is 2.11. The fourth-order valence-electron chi connectivity index (χ4n) is 1.14. The minimum atomic E-state index is 0.633. The Bertz CT molecular complexity index is 66.9. The molecule has 0 bridgehead atoms. The zero-order chi connectivity index (χ0) is 5.98. The lowest BCUT2D eigenvalue weighted by molar-refractivity contribution is 0.284. The van der Waals surface area contributed by atoms with Crippen LogP contribution < -0.4 is 0 Å². The van der Waals surface area contributed by atoms with Gasteiger partial charge in [0.1, 0.15) is 0 Å². The number of nitrogens with zero attached hydrogens (tertiary/aromatic N) is 1. The van der Waals surface area contributed by atoms with E-state index in [1.165, 1.54) is 25.9 Å². The van der Waals surface area contributed by atoms with Crippen LogP contribution in [0.4, 0.5) is 0 Å². The maximum absolute atomic E-state index is 4.38. The standard InChI is InChI=1S/C6H13NS/c1-7-4-2-3-6(8)5-7/h6,8H,2-5H2,1H3. The van der Waals surface area contributed by atoms with Crippen LogP contribution in [-0.2, 0) is 0 Å². The van der Waals surface area contributed by atoms with Gasteiger partial charge in [-0.15, -0.1) is 0 Å². The van der Waals surface area contributed by atoms with E-state index in [0.717, 1.165) is 0 Å². The van der Waals surface area contributed by atoms with E-state index in [0.29, 0.717) is 5.25 Å². The molecule has 1 atom stereocenters. The van der Waals surface area contributed by atoms with Crippen molar-refractivity contribution >= 4 is 12.6 Å². The van der Waals surface area contributed by atoms with Crippen molar-refractivity contribution in [3.63, 3.8) is 0 Å². The van der Waals surface area contributed by atoms with Gasteiger partial charge in [-0.3, -0.25) is 0 Å². The quantitative estimate of drug-likeness (QED) is 0.480. The topological polar surface area (TPSA) is 3.24 Å². The third-order valence-corrected chi connectivity index (χ3v) is 2.02. The summed E-state index contributed by atoms with van der Waals surface area (Å²) in [7, 11) is 2.16. The van der Waals surface area contributed by atoms with Gasteiger partial charge in [-0.05, 0) is 26.4 Å². The molecule has 2 heteroatoms. The van der Waals surface area contributed by atoms with E-state index in [2.05, 4.69) is 24.6 Å². The Balaban J connectivity index is 2.23. The summed E-state index contributed by atoms with van der Waals surface area (Å²) in [5.41, 5.74) is 0. The highest BCUT2D eigenvalue weighted by atomic mass is 32.1. The summed E-state index contributed by atoms with van der Waals surface area (Å²) >= 11 is 4.38. The van der Waals surface area contributed by atoms with E-state index >= 15 is 0 Å². The largest absolute Gasteiger partial charge is 0.305 e. The van der Waals surface area contributed by atoms with Gasteiger partial charge in [0, 0.05) is 11.8 Å². The summed E-state index contributed by atoms with van der Waals surface area (Å²) in [5, 5.41) is 0.633. The maximum atomic E-state index is 4.38. The summed E-state index contributed by atoms with van der Waals surface area (Å²) in [6.45, 7) is 2.43. The summed E-state index contributed by atoms with van der Waals surface area (Å²) in [5.74, 6) is 0. The number of thiol groups is 1. The summed E-state index contributed by atoms with van der Waals surface area (Å²) < 4.78 is 0. The molecule has 1 rings (SSSR count). The predicted octanol–water partition coefficient (Wildman–Crippen LogP) is 1.01. The first-order chi connectivity index (χ1) is 3.79. The first-order valence-corrected chi connectivity index (χ1v) is 3.67. The Morgan fingerprint density at radius 2 is 2.38 bits per heavy atom. The fraction of sp³-hybridized carbons (Fsp3) is 1.00. The smallest absolute Gasteiger partial charge is 0.0145 e. The molecule has 0 radical (unpaired) electrons. The van der Waals surface area contributed by atoms with Crippen molar-refractivity contribution < 1.29 is 0 Å². The molecule has 1 unspecified atom stereocenters. The van der Waals surface area contributed by atoms with Crippen LogP contribution in [0.5, 0.6) is 0 Å². The van der Waals surface area contributed by atoms with Crippen molar-refractivity contribution in [2.24, 2.45) is 0 Å². The lowest BCUT2D eigenvalue weighted by Gasteiger charge is -2.26. The first-order valence-electron chi connectivity index (χ1n) is 3.15. The molecule has 1 saturated heterocycles. The number of piperidine rings is 1. The second-order valence-electron chi connectivity index (χ2n) is 2.56. The van der Waals surface area contributed by atoms with Crippen molar-refractivity contribution in [2.45, 2.75) is 18.1 Å². The van der Waals surface area contributed by atoms with Crippen molar-refractivity contribution in [2.75, 3.05) is 20.1 Å². The molecule has 0 N–H and O–H groups in total. The Labute approximate surface area is 56.5 Å². The summed E-state index contributed by atoms with van der Waals surface area (Å²) in [6, 6.07) is 0. The highest BCUT2D eigenvalue weighted by Crippen LogP contribution is 2.11. The Hall–Kier alpha value is 0.310. The van der Waals surface area contributed by atoms with Gasteiger partial charge in [0.15, 0.2) is 0 Å². The molecule has 48 valence electrons. The third-order valence-electron chi connectivity index (χ3n) is 1.60. The van der Waals surface area contributed by atoms with Crippen molar-refractivity contribution in [3.8, 4) is 0 Å². The number of rotatable bonds is 0. The lowest BCUT2D eigenvalue weighted by Crippen LogP contribution is -2.32. The monoisotopic (exact) mass is 131 g/mol. The van der Waals surface area contributed by atoms with E-state index in [1.807, 2.05) is 0 Å². The molecule has 0 aliphatic carbocycles. The molecule has 0 saturated carbocycles. The zero-order valence-electron chi connectivity index (χ0n) is 5.30. The van der Waals surface area contributed by atoms with Crippen LogP contribution in [0.15, 0.2) is 0 Å². The molecule has 0 aromatic heterocycles. The molecular weight excluding hydrogens is 118 g/mol. The van der Waals surface area contributed by atoms with Gasteiger partial charge in [-0.2, -0.15) is 12.6 Å². The van der Waals surface area contributed by atoms with Gasteiger partial charge in [0.05, 0.1) is 0 Å². The van der Waals surface area contributed by atoms with Gasteiger partial charge in [-0.1, -0.05) is 0 Å². The van der Waals surface area contributed by atoms with Crippen molar-refractivity contribution in [1.29, 1.82) is 0 Å². The maximum Gasteiger partial charge on any atom is 0.0145 e. The van der Waals surface area contributed by atoms with E-state index in [-0.39, 0.29) is 0 Å². The van der Waals surface area contributed by atoms with Crippen molar-refractivity contribution in [3.05, 3.63) is 0 Å². The number of hydrogen-bond acceptors (Lipinski definition) is 2. The Kier molecular flexibility index (Phi) is 2.20. The zero-order valence-corrected chi connectivity index (χ0v) is 6.19. The minimum absolute atomic E-state index is 0.633. The van der Waals surface area contributed by atoms with Gasteiger partial charge in [0.25, 0.3) is 0 Å². The second kappa shape index (κ2) is 2.74. The molecule has 0 spiro atoms. The first kappa shape index (κ1) is 6.43. The number of likely N-dealkylation sites (tertiary alicyclic amines) is 1. The minimum Gasteiger partial charge on any atom is -0.305 e. The average molecular weight is 131 g/mol. The number of hydrogen-bond donors (Lipinski definition) is 1. The van der Waals surface area contributed by atoms with Crippen LogP contribution in [0.1, 0.15) is 12.8 Å². The van der Waals surface area contributed by atoms with E-state index < -0.39 is 0 Å². The SMILES string of the molecule is CN1CCCC(S)C1. The van der Waals surface area contributed by atoms with Crippen LogP contribution in [0, 0.1) is 0 Å². The average Bonchev–Trinajstić information content (AvgIpc) is 1.64. The van der Waals surface area contributed by atoms with Gasteiger partial charge < -0.3 is 4.90 Å². The van der Waals surface area contributed by atoms with Gasteiger partial charge in [0.2, 0.25) is 0 Å². The van der Waals surface area contributed by atoms with Gasteiger partial charge in [-0.25, -0.2) is 0 Å². The predicted molar refractivity (Wildman–Crippen MR) is 39.5 cm³/mol. The van der Waals surface area contributed by atoms with Crippen LogP contribution in [0.2, 0.25) is 0 Å². The summed E-state index contributed by atoms with van der Waals surface area (Å²) in [6.07, 6.45) is 2.62. The molecule has 1 fully saturated rings. The van der Waals surface area contributed by atoms with E-state index in [9.17, 15) is 0 Å². The molecule has 1 nitrogen and oxygen atoms in total. The molecule has 1 heterocycles. The molecular formula is C6H13NS. The summed E-state index contributed by atoms with van der Waals surface area (Å²) in [4.78, 5) is 2.33. The highest BCUT2D eigenvalue weighted by molar-refractivity contribution is 7.81. The van der Waals surface area contributed by atoms with Crippen LogP contribution in [0.25, 0.3) is 0 Å². The Morgan fingerprint density at radius 1 is 1.62 bits per heavy atom. The van der Waals surface area contributed by atoms with E-state index in [4.69, 9.17) is 0 Å². The molecule has 0 aromatic carbocycles. The molecule has 0 amide bonds. The van der Waals surface area contributed by atoms with E-state index in [1.54, 1.807) is 0 Å². The molecule has 8 heavy (non-hydrogen) atoms. The third kappa shape index (κ3) is 1.67. The molecule has 1 aliphatic rings. The Morgan fingerprint density at radius 3 is 2.75 bits per heavy atom. The molecule has 1 aliphatic heterocycles. The fourth-order valence-corrected chi connectivity index (χ4v) is 1.60. The van der Waals surface area contributed by atoms with Crippen LogP contribution >= 0.6 is 12.6 Å². The lowest BCUT2D eigenvalue weighted by atomic mass is 10.1. The molecule has 0 aromatic rings. The van der Waals surface area contributed by atoms with Crippen molar-refractivity contribution in [1.82, 2.24) is 4.90 Å². The van der Waals surface area contributed by atoms with Gasteiger partial charge >= 0.3 is 0 Å². The second-order valence-corrected chi connectivity index (χ2v) is 3.29.